The molecule has 0 fully saturated rings. The Morgan fingerprint density at radius 2 is 0.870 bits per heavy atom. The Morgan fingerprint density at radius 3 is 1.13 bits per heavy atom. The van der Waals surface area contributed by atoms with Gasteiger partial charge in [-0.3, -0.25) is 0 Å². The minimum atomic E-state index is -2.07. The fraction of sp³-hybridized carbons (Fsp3) is 0.0526. The van der Waals surface area contributed by atoms with Crippen molar-refractivity contribution < 1.29 is 0 Å². The van der Waals surface area contributed by atoms with Crippen molar-refractivity contribution in [3.63, 3.8) is 0 Å². The van der Waals surface area contributed by atoms with Crippen LogP contribution in [0.1, 0.15) is 0 Å². The predicted octanol–water partition coefficient (Wildman–Crippen LogP) is 7.43. The van der Waals surface area contributed by atoms with Gasteiger partial charge in [-0.05, 0) is 0 Å². The molecule has 0 aliphatic heterocycles. The molecule has 0 heterocycles. The van der Waals surface area contributed by atoms with Crippen LogP contribution in [0.5, 0.6) is 0 Å². The van der Waals surface area contributed by atoms with Crippen molar-refractivity contribution >= 4 is 52.4 Å². The average Bonchev–Trinajstić information content (AvgIpc) is 2.62. The molecule has 0 bridgehead atoms. The summed E-state index contributed by atoms with van der Waals surface area (Å²) in [5, 5.41) is 0. The van der Waals surface area contributed by atoms with Gasteiger partial charge in [-0.2, -0.15) is 0 Å². The van der Waals surface area contributed by atoms with Crippen LogP contribution < -0.4 is 4.48 Å². The summed E-state index contributed by atoms with van der Waals surface area (Å²) in [5.41, 5.74) is 3.52. The maximum atomic E-state index is 6.42. The van der Waals surface area contributed by atoms with Gasteiger partial charge in [0.25, 0.3) is 0 Å². The zero-order valence-corrected chi connectivity index (χ0v) is 16.1. The monoisotopic (exact) mass is 456 g/mol. The molecular weight excluding hydrogens is 440 g/mol. The van der Waals surface area contributed by atoms with Crippen molar-refractivity contribution in [2.24, 2.45) is 0 Å². The molecule has 1 nitrogen and oxygen atoms in total. The summed E-state index contributed by atoms with van der Waals surface area (Å²) in [6, 6.07) is 31.4. The minimum absolute atomic E-state index is 0.556. The Hall–Kier alpha value is -1.07. The van der Waals surface area contributed by atoms with E-state index in [1.165, 1.54) is 17.1 Å². The molecular formula is C19H17Cl2IN+. The normalized spacial score (nSPS) is 12.0. The third-order valence-electron chi connectivity index (χ3n) is 3.86. The van der Waals surface area contributed by atoms with Gasteiger partial charge in [0.1, 0.15) is 0 Å². The van der Waals surface area contributed by atoms with Crippen LogP contribution in [0.3, 0.4) is 0 Å². The third-order valence-corrected chi connectivity index (χ3v) is 6.61. The standard InChI is InChI=1S/C19H17Cl2IN/c20-22(21)16-23(17-10-4-1-5-11-17,18-12-6-2-7-13-18)19-14-8-3-9-15-19/h1-15H,16H2/q+1. The summed E-state index contributed by atoms with van der Waals surface area (Å²) >= 11 is -2.07. The number of hydrogen-bond donors (Lipinski definition) is 0. The van der Waals surface area contributed by atoms with E-state index in [9.17, 15) is 0 Å². The van der Waals surface area contributed by atoms with Gasteiger partial charge in [0.15, 0.2) is 0 Å². The molecule has 0 aromatic heterocycles. The van der Waals surface area contributed by atoms with Crippen LogP contribution in [-0.4, -0.2) is 4.55 Å². The van der Waals surface area contributed by atoms with Crippen molar-refractivity contribution in [2.45, 2.75) is 0 Å². The molecule has 23 heavy (non-hydrogen) atoms. The first-order valence-corrected chi connectivity index (χ1v) is 14.3. The van der Waals surface area contributed by atoms with Gasteiger partial charge in [0.05, 0.1) is 0 Å². The molecule has 0 aliphatic rings. The molecule has 0 atom stereocenters. The second kappa shape index (κ2) is 7.67. The summed E-state index contributed by atoms with van der Waals surface area (Å²) in [7, 11) is 12.8. The first-order chi connectivity index (χ1) is 11.2. The predicted molar refractivity (Wildman–Crippen MR) is 111 cm³/mol. The van der Waals surface area contributed by atoms with Crippen LogP contribution in [0, 0.1) is 0 Å². The first-order valence-electron chi connectivity index (χ1n) is 7.27. The summed E-state index contributed by atoms with van der Waals surface area (Å²) in [6.07, 6.45) is 0. The Morgan fingerprint density at radius 1 is 0.565 bits per heavy atom. The zero-order valence-electron chi connectivity index (χ0n) is 12.4. The molecule has 0 spiro atoms. The molecule has 3 aromatic rings. The Labute approximate surface area is 151 Å². The summed E-state index contributed by atoms with van der Waals surface area (Å²) in [4.78, 5) is 0. The number of nitrogens with zero attached hydrogens (tertiary/aromatic N) is 1. The maximum absolute atomic E-state index is 6.42. The molecule has 0 saturated heterocycles. The second-order valence-electron chi connectivity index (χ2n) is 5.19. The van der Waals surface area contributed by atoms with Crippen molar-refractivity contribution in [3.8, 4) is 0 Å². The van der Waals surface area contributed by atoms with Crippen LogP contribution in [0.25, 0.3) is 0 Å². The number of benzene rings is 3. The molecule has 0 N–H and O–H groups in total. The Bertz CT molecular complexity index is 636. The summed E-state index contributed by atoms with van der Waals surface area (Å²) < 4.78 is 1.27. The topological polar surface area (TPSA) is 0 Å². The van der Waals surface area contributed by atoms with E-state index >= 15 is 0 Å². The van der Waals surface area contributed by atoms with Crippen LogP contribution in [0.4, 0.5) is 17.1 Å². The van der Waals surface area contributed by atoms with Crippen molar-refractivity contribution in [1.29, 1.82) is 0 Å². The number of alkyl halides is 1. The van der Waals surface area contributed by atoms with Gasteiger partial charge in [-0.15, -0.1) is 0 Å². The van der Waals surface area contributed by atoms with Crippen molar-refractivity contribution in [3.05, 3.63) is 91.0 Å². The van der Waals surface area contributed by atoms with E-state index in [1.54, 1.807) is 0 Å². The van der Waals surface area contributed by atoms with E-state index in [0.29, 0.717) is 9.03 Å². The molecule has 3 aromatic carbocycles. The molecule has 0 saturated carbocycles. The van der Waals surface area contributed by atoms with Crippen LogP contribution in [0.15, 0.2) is 91.0 Å². The molecule has 3 rings (SSSR count). The van der Waals surface area contributed by atoms with Gasteiger partial charge in [-0.1, -0.05) is 0 Å². The zero-order chi connectivity index (χ0) is 16.1. The Balaban J connectivity index is 2.30. The van der Waals surface area contributed by atoms with Gasteiger partial charge in [0, 0.05) is 0 Å². The number of hydrogen-bond acceptors (Lipinski definition) is 0. The van der Waals surface area contributed by atoms with E-state index < -0.39 is 17.6 Å². The number of para-hydroxylation sites is 3. The van der Waals surface area contributed by atoms with Gasteiger partial charge < -0.3 is 0 Å². The fourth-order valence-corrected chi connectivity index (χ4v) is 6.61. The van der Waals surface area contributed by atoms with E-state index in [0.717, 1.165) is 0 Å². The van der Waals surface area contributed by atoms with Crippen LogP contribution >= 0.6 is 35.4 Å². The van der Waals surface area contributed by atoms with E-state index in [2.05, 4.69) is 72.8 Å². The molecule has 0 radical (unpaired) electrons. The number of halogens is 3. The van der Waals surface area contributed by atoms with Gasteiger partial charge in [0.2, 0.25) is 0 Å². The molecule has 0 unspecified atom stereocenters. The number of rotatable bonds is 5. The van der Waals surface area contributed by atoms with E-state index in [4.69, 9.17) is 17.8 Å². The van der Waals surface area contributed by atoms with Gasteiger partial charge in [-0.25, -0.2) is 0 Å². The average molecular weight is 457 g/mol. The molecule has 0 amide bonds. The van der Waals surface area contributed by atoms with Gasteiger partial charge >= 0.3 is 152 Å². The SMILES string of the molecule is ClI(Cl)C[N+](c1ccccc1)(c1ccccc1)c1ccccc1. The van der Waals surface area contributed by atoms with E-state index in [-0.39, 0.29) is 0 Å². The fourth-order valence-electron chi connectivity index (χ4n) is 2.84. The van der Waals surface area contributed by atoms with Crippen molar-refractivity contribution in [1.82, 2.24) is 4.48 Å². The third kappa shape index (κ3) is 3.56. The summed E-state index contributed by atoms with van der Waals surface area (Å²) in [5.74, 6) is 0. The summed E-state index contributed by atoms with van der Waals surface area (Å²) in [6.45, 7) is 0. The molecule has 118 valence electrons. The van der Waals surface area contributed by atoms with Crippen LogP contribution in [-0.2, 0) is 0 Å². The van der Waals surface area contributed by atoms with Crippen molar-refractivity contribution in [2.75, 3.05) is 4.55 Å². The Kier molecular flexibility index (Phi) is 5.59. The quantitative estimate of drug-likeness (QED) is 0.162. The second-order valence-corrected chi connectivity index (χ2v) is 12.9. The molecule has 4 heteroatoms. The van der Waals surface area contributed by atoms with E-state index in [1.807, 2.05) is 18.2 Å². The van der Waals surface area contributed by atoms with Crippen LogP contribution in [0.2, 0.25) is 0 Å². The number of quaternary nitrogens is 1. The molecule has 0 aliphatic carbocycles. The first kappa shape index (κ1) is 16.8.